The van der Waals surface area contributed by atoms with Crippen LogP contribution in [0.2, 0.25) is 0 Å². The minimum Gasteiger partial charge on any atom is -0.379 e. The highest BCUT2D eigenvalue weighted by Gasteiger charge is 2.45. The van der Waals surface area contributed by atoms with Crippen molar-refractivity contribution < 1.29 is 13.9 Å². The van der Waals surface area contributed by atoms with Crippen molar-refractivity contribution in [1.29, 1.82) is 0 Å². The van der Waals surface area contributed by atoms with Gasteiger partial charge in [-0.25, -0.2) is 4.39 Å². The first kappa shape index (κ1) is 17.2. The van der Waals surface area contributed by atoms with Crippen molar-refractivity contribution in [2.45, 2.75) is 18.9 Å². The fraction of sp³-hybridized carbons (Fsp3) is 0.381. The first-order chi connectivity index (χ1) is 12.7. The van der Waals surface area contributed by atoms with Gasteiger partial charge in [-0.3, -0.25) is 9.69 Å². The number of nitrogens with zero attached hydrogens (tertiary/aromatic N) is 1. The minimum atomic E-state index is -0.222. The van der Waals surface area contributed by atoms with Crippen molar-refractivity contribution in [1.82, 2.24) is 4.90 Å². The molecule has 2 aromatic rings. The number of carbonyl (C=O) groups excluding carboxylic acids is 1. The molecule has 1 aliphatic heterocycles. The van der Waals surface area contributed by atoms with E-state index in [2.05, 4.69) is 10.2 Å². The number of para-hydroxylation sites is 1. The van der Waals surface area contributed by atoms with Gasteiger partial charge in [0.25, 0.3) is 0 Å². The Morgan fingerprint density at radius 2 is 1.85 bits per heavy atom. The normalized spacial score (nSPS) is 22.8. The lowest BCUT2D eigenvalue weighted by molar-refractivity contribution is -0.117. The lowest BCUT2D eigenvalue weighted by atomic mass is 10.1. The summed E-state index contributed by atoms with van der Waals surface area (Å²) in [5.41, 5.74) is 2.60. The van der Waals surface area contributed by atoms with Crippen LogP contribution in [0, 0.1) is 11.7 Å². The SMILES string of the molecule is O=C(Nc1ccccc1CN1CCOCC1)[C@H]1C[C@H]1c1ccccc1F. The number of anilines is 1. The highest BCUT2D eigenvalue weighted by Crippen LogP contribution is 2.48. The standard InChI is InChI=1S/C21H23FN2O2/c22-19-7-3-2-6-16(19)17-13-18(17)21(25)23-20-8-4-1-5-15(20)14-24-9-11-26-12-10-24/h1-8,17-18H,9-14H2,(H,23,25)/t17-,18-/m0/s1. The quantitative estimate of drug-likeness (QED) is 0.895. The Balaban J connectivity index is 1.41. The molecule has 26 heavy (non-hydrogen) atoms. The molecule has 5 heteroatoms. The number of ether oxygens (including phenoxy) is 1. The van der Waals surface area contributed by atoms with Gasteiger partial charge in [0.2, 0.25) is 5.91 Å². The minimum absolute atomic E-state index is 0.0115. The largest absolute Gasteiger partial charge is 0.379 e. The fourth-order valence-electron chi connectivity index (χ4n) is 3.61. The zero-order valence-electron chi connectivity index (χ0n) is 14.7. The van der Waals surface area contributed by atoms with Crippen LogP contribution in [-0.4, -0.2) is 37.1 Å². The van der Waals surface area contributed by atoms with E-state index >= 15 is 0 Å². The second kappa shape index (κ2) is 7.56. The number of benzene rings is 2. The van der Waals surface area contributed by atoms with Crippen molar-refractivity contribution in [3.8, 4) is 0 Å². The van der Waals surface area contributed by atoms with Gasteiger partial charge < -0.3 is 10.1 Å². The molecule has 2 fully saturated rings. The fourth-order valence-corrected chi connectivity index (χ4v) is 3.61. The summed E-state index contributed by atoms with van der Waals surface area (Å²) in [4.78, 5) is 15.0. The van der Waals surface area contributed by atoms with Crippen LogP contribution in [0.15, 0.2) is 48.5 Å². The number of halogens is 1. The zero-order valence-corrected chi connectivity index (χ0v) is 14.7. The van der Waals surface area contributed by atoms with E-state index < -0.39 is 0 Å². The molecule has 0 bridgehead atoms. The van der Waals surface area contributed by atoms with E-state index in [9.17, 15) is 9.18 Å². The molecule has 0 aromatic heterocycles. The molecular formula is C21H23FN2O2. The Morgan fingerprint density at radius 3 is 2.65 bits per heavy atom. The molecule has 4 rings (SSSR count). The second-order valence-corrected chi connectivity index (χ2v) is 7.01. The van der Waals surface area contributed by atoms with Gasteiger partial charge in [0.1, 0.15) is 5.82 Å². The van der Waals surface area contributed by atoms with Gasteiger partial charge in [0.05, 0.1) is 13.2 Å². The van der Waals surface area contributed by atoms with Crippen LogP contribution in [-0.2, 0) is 16.1 Å². The highest BCUT2D eigenvalue weighted by molar-refractivity contribution is 5.95. The first-order valence-electron chi connectivity index (χ1n) is 9.15. The summed E-state index contributed by atoms with van der Waals surface area (Å²) in [5, 5.41) is 3.06. The van der Waals surface area contributed by atoms with E-state index in [1.165, 1.54) is 6.07 Å². The summed E-state index contributed by atoms with van der Waals surface area (Å²) in [6, 6.07) is 14.6. The van der Waals surface area contributed by atoms with Gasteiger partial charge in [-0.05, 0) is 35.6 Å². The average Bonchev–Trinajstić information content (AvgIpc) is 3.45. The predicted octanol–water partition coefficient (Wildman–Crippen LogP) is 3.40. The van der Waals surface area contributed by atoms with Crippen LogP contribution < -0.4 is 5.32 Å². The highest BCUT2D eigenvalue weighted by atomic mass is 19.1. The number of hydrogen-bond acceptors (Lipinski definition) is 3. The van der Waals surface area contributed by atoms with Crippen LogP contribution in [0.25, 0.3) is 0 Å². The molecule has 1 N–H and O–H groups in total. The van der Waals surface area contributed by atoms with Crippen molar-refractivity contribution in [3.05, 3.63) is 65.5 Å². The average molecular weight is 354 g/mol. The number of hydrogen-bond donors (Lipinski definition) is 1. The Morgan fingerprint density at radius 1 is 1.12 bits per heavy atom. The van der Waals surface area contributed by atoms with Gasteiger partial charge in [0.15, 0.2) is 0 Å². The van der Waals surface area contributed by atoms with Crippen LogP contribution >= 0.6 is 0 Å². The number of nitrogens with one attached hydrogen (secondary N) is 1. The molecule has 4 nitrogen and oxygen atoms in total. The monoisotopic (exact) mass is 354 g/mol. The van der Waals surface area contributed by atoms with E-state index in [-0.39, 0.29) is 23.6 Å². The van der Waals surface area contributed by atoms with Gasteiger partial charge >= 0.3 is 0 Å². The Bertz CT molecular complexity index is 789. The van der Waals surface area contributed by atoms with Gasteiger partial charge in [-0.1, -0.05) is 36.4 Å². The lowest BCUT2D eigenvalue weighted by Gasteiger charge is -2.27. The van der Waals surface area contributed by atoms with E-state index in [0.29, 0.717) is 12.0 Å². The smallest absolute Gasteiger partial charge is 0.228 e. The van der Waals surface area contributed by atoms with Gasteiger partial charge in [-0.15, -0.1) is 0 Å². The van der Waals surface area contributed by atoms with Crippen molar-refractivity contribution >= 4 is 11.6 Å². The lowest BCUT2D eigenvalue weighted by Crippen LogP contribution is -2.35. The molecule has 2 aliphatic rings. The van der Waals surface area contributed by atoms with E-state index in [4.69, 9.17) is 4.74 Å². The third-order valence-corrected chi connectivity index (χ3v) is 5.20. The molecule has 1 saturated heterocycles. The molecule has 0 unspecified atom stereocenters. The third-order valence-electron chi connectivity index (χ3n) is 5.20. The molecule has 2 atom stereocenters. The predicted molar refractivity (Wildman–Crippen MR) is 98.4 cm³/mol. The molecule has 1 heterocycles. The maximum absolute atomic E-state index is 13.9. The maximum Gasteiger partial charge on any atom is 0.228 e. The summed E-state index contributed by atoms with van der Waals surface area (Å²) in [5.74, 6) is -0.404. The molecule has 1 aliphatic carbocycles. The van der Waals surface area contributed by atoms with Gasteiger partial charge in [0, 0.05) is 31.2 Å². The third kappa shape index (κ3) is 3.79. The number of rotatable bonds is 5. The number of carbonyl (C=O) groups is 1. The first-order valence-corrected chi connectivity index (χ1v) is 9.15. The Hall–Kier alpha value is -2.24. The van der Waals surface area contributed by atoms with Crippen LogP contribution in [0.3, 0.4) is 0 Å². The van der Waals surface area contributed by atoms with Crippen molar-refractivity contribution in [2.24, 2.45) is 5.92 Å². The molecule has 1 amide bonds. The summed E-state index contributed by atoms with van der Waals surface area (Å²) >= 11 is 0. The molecule has 0 spiro atoms. The summed E-state index contributed by atoms with van der Waals surface area (Å²) in [6.07, 6.45) is 0.707. The summed E-state index contributed by atoms with van der Waals surface area (Å²) in [7, 11) is 0. The maximum atomic E-state index is 13.9. The summed E-state index contributed by atoms with van der Waals surface area (Å²) in [6.45, 7) is 4.10. The molecule has 2 aromatic carbocycles. The molecule has 1 saturated carbocycles. The van der Waals surface area contributed by atoms with Crippen LogP contribution in [0.5, 0.6) is 0 Å². The Kier molecular flexibility index (Phi) is 5.00. The zero-order chi connectivity index (χ0) is 17.9. The Labute approximate surface area is 153 Å². The van der Waals surface area contributed by atoms with Crippen LogP contribution in [0.4, 0.5) is 10.1 Å². The topological polar surface area (TPSA) is 41.6 Å². The van der Waals surface area contributed by atoms with E-state index in [1.54, 1.807) is 12.1 Å². The van der Waals surface area contributed by atoms with Crippen LogP contribution in [0.1, 0.15) is 23.5 Å². The second-order valence-electron chi connectivity index (χ2n) is 7.01. The van der Waals surface area contributed by atoms with E-state index in [0.717, 1.165) is 44.1 Å². The van der Waals surface area contributed by atoms with Crippen molar-refractivity contribution in [2.75, 3.05) is 31.6 Å². The molecular weight excluding hydrogens is 331 g/mol. The van der Waals surface area contributed by atoms with E-state index in [1.807, 2.05) is 30.3 Å². The number of morpholine rings is 1. The summed E-state index contributed by atoms with van der Waals surface area (Å²) < 4.78 is 19.3. The van der Waals surface area contributed by atoms with Crippen molar-refractivity contribution in [3.63, 3.8) is 0 Å². The molecule has 136 valence electrons. The molecule has 0 radical (unpaired) electrons. The van der Waals surface area contributed by atoms with Gasteiger partial charge in [-0.2, -0.15) is 0 Å². The number of amides is 1.